The zero-order chi connectivity index (χ0) is 5.98. The molecule has 0 aromatic heterocycles. The second-order valence-electron chi connectivity index (χ2n) is 1.76. The van der Waals surface area contributed by atoms with Gasteiger partial charge in [-0.2, -0.15) is 0 Å². The first-order valence-electron chi connectivity index (χ1n) is 2.52. The molecule has 3 nitrogen and oxygen atoms in total. The number of aliphatic hydroxyl groups is 1. The van der Waals surface area contributed by atoms with Crippen molar-refractivity contribution in [3.05, 3.63) is 12.5 Å². The molecule has 3 heteroatoms. The van der Waals surface area contributed by atoms with Gasteiger partial charge in [-0.3, -0.25) is 0 Å². The highest BCUT2D eigenvalue weighted by molar-refractivity contribution is 4.90. The summed E-state index contributed by atoms with van der Waals surface area (Å²) < 4.78 is 4.89. The van der Waals surface area contributed by atoms with E-state index >= 15 is 0 Å². The van der Waals surface area contributed by atoms with Gasteiger partial charge in [0, 0.05) is 0 Å². The quantitative estimate of drug-likeness (QED) is 0.481. The molecular weight excluding hydrogens is 106 g/mol. The van der Waals surface area contributed by atoms with Crippen LogP contribution < -0.4 is 5.32 Å². The van der Waals surface area contributed by atoms with Crippen molar-refractivity contribution in [3.63, 3.8) is 0 Å². The number of hydrogen-bond acceptors (Lipinski definition) is 3. The molecule has 0 radical (unpaired) electrons. The maximum absolute atomic E-state index is 8.50. The van der Waals surface area contributed by atoms with Crippen molar-refractivity contribution < 1.29 is 9.84 Å². The Morgan fingerprint density at radius 1 is 2.00 bits per heavy atom. The summed E-state index contributed by atoms with van der Waals surface area (Å²) in [5.41, 5.74) is 0. The molecule has 0 saturated carbocycles. The number of ether oxygens (including phenoxy) is 1. The van der Waals surface area contributed by atoms with Crippen molar-refractivity contribution in [1.82, 2.24) is 5.32 Å². The van der Waals surface area contributed by atoms with Crippen LogP contribution in [-0.2, 0) is 4.74 Å². The van der Waals surface area contributed by atoms with Crippen molar-refractivity contribution >= 4 is 0 Å². The zero-order valence-electron chi connectivity index (χ0n) is 4.55. The Morgan fingerprint density at radius 3 is 3.00 bits per heavy atom. The van der Waals surface area contributed by atoms with Gasteiger partial charge in [0.2, 0.25) is 0 Å². The van der Waals surface area contributed by atoms with E-state index in [-0.39, 0.29) is 12.6 Å². The Balaban J connectivity index is 2.32. The smallest absolute Gasteiger partial charge is 0.179 e. The second kappa shape index (κ2) is 2.05. The Morgan fingerprint density at radius 2 is 2.75 bits per heavy atom. The van der Waals surface area contributed by atoms with Crippen molar-refractivity contribution in [2.75, 3.05) is 13.2 Å². The average Bonchev–Trinajstić information content (AvgIpc) is 2.14. The normalized spacial score (nSPS) is 27.1. The van der Waals surface area contributed by atoms with E-state index < -0.39 is 0 Å². The molecule has 0 spiro atoms. The average molecular weight is 115 g/mol. The van der Waals surface area contributed by atoms with Crippen LogP contribution in [0.5, 0.6) is 0 Å². The summed E-state index contributed by atoms with van der Waals surface area (Å²) in [5, 5.41) is 11.3. The molecule has 1 saturated heterocycles. The van der Waals surface area contributed by atoms with Crippen LogP contribution in [0.4, 0.5) is 0 Å². The fraction of sp³-hybridized carbons (Fsp3) is 0.600. The first kappa shape index (κ1) is 5.44. The van der Waals surface area contributed by atoms with E-state index in [2.05, 4.69) is 11.9 Å². The Kier molecular flexibility index (Phi) is 1.39. The molecule has 8 heavy (non-hydrogen) atoms. The van der Waals surface area contributed by atoms with E-state index in [1.165, 1.54) is 0 Å². The molecule has 1 heterocycles. The van der Waals surface area contributed by atoms with Gasteiger partial charge in [-0.05, 0) is 6.58 Å². The lowest BCUT2D eigenvalue weighted by Crippen LogP contribution is -2.26. The summed E-state index contributed by atoms with van der Waals surface area (Å²) in [6.07, 6.45) is 0. The van der Waals surface area contributed by atoms with Crippen LogP contribution in [0.1, 0.15) is 0 Å². The second-order valence-corrected chi connectivity index (χ2v) is 1.76. The van der Waals surface area contributed by atoms with Gasteiger partial charge in [-0.15, -0.1) is 0 Å². The van der Waals surface area contributed by atoms with E-state index in [0.717, 1.165) is 0 Å². The summed E-state index contributed by atoms with van der Waals surface area (Å²) in [5.74, 6) is 0.559. The van der Waals surface area contributed by atoms with E-state index in [1.54, 1.807) is 0 Å². The molecule has 0 bridgehead atoms. The molecule has 1 atom stereocenters. The molecule has 0 aliphatic carbocycles. The summed E-state index contributed by atoms with van der Waals surface area (Å²) in [6.45, 7) is 4.16. The fourth-order valence-corrected chi connectivity index (χ4v) is 0.611. The van der Waals surface area contributed by atoms with Gasteiger partial charge in [0.1, 0.15) is 6.61 Å². The predicted octanol–water partition coefficient (Wildman–Crippen LogP) is -0.562. The first-order chi connectivity index (χ1) is 3.83. The summed E-state index contributed by atoms with van der Waals surface area (Å²) in [7, 11) is 0. The first-order valence-corrected chi connectivity index (χ1v) is 2.52. The van der Waals surface area contributed by atoms with Gasteiger partial charge in [-0.25, -0.2) is 0 Å². The lowest BCUT2D eigenvalue weighted by atomic mass is 10.4. The Labute approximate surface area is 48.0 Å². The van der Waals surface area contributed by atoms with E-state index in [9.17, 15) is 0 Å². The van der Waals surface area contributed by atoms with Gasteiger partial charge in [0.05, 0.1) is 12.6 Å². The van der Waals surface area contributed by atoms with Crippen LogP contribution in [0.25, 0.3) is 0 Å². The fourth-order valence-electron chi connectivity index (χ4n) is 0.611. The molecule has 0 aromatic carbocycles. The molecule has 0 aromatic rings. The van der Waals surface area contributed by atoms with Crippen molar-refractivity contribution in [2.45, 2.75) is 6.04 Å². The predicted molar refractivity (Wildman–Crippen MR) is 29.1 cm³/mol. The molecular formula is C5H9NO2. The standard InChI is InChI=1S/C5H9NO2/c1-4-6-5(2-7)3-8-4/h5-7H,1-3H2. The maximum Gasteiger partial charge on any atom is 0.179 e. The number of hydrogen-bond donors (Lipinski definition) is 2. The molecule has 1 rings (SSSR count). The number of aliphatic hydroxyl groups excluding tert-OH is 1. The largest absolute Gasteiger partial charge is 0.477 e. The highest BCUT2D eigenvalue weighted by Gasteiger charge is 2.15. The van der Waals surface area contributed by atoms with Crippen LogP contribution in [0.3, 0.4) is 0 Å². The van der Waals surface area contributed by atoms with Crippen LogP contribution in [0.2, 0.25) is 0 Å². The highest BCUT2D eigenvalue weighted by atomic mass is 16.5. The van der Waals surface area contributed by atoms with E-state index in [4.69, 9.17) is 9.84 Å². The molecule has 46 valence electrons. The molecule has 0 amide bonds. The van der Waals surface area contributed by atoms with Crippen LogP contribution in [0, 0.1) is 0 Å². The molecule has 1 fully saturated rings. The SMILES string of the molecule is C=C1NC(CO)CO1. The Bertz CT molecular complexity index is 103. The van der Waals surface area contributed by atoms with Crippen molar-refractivity contribution in [2.24, 2.45) is 0 Å². The lowest BCUT2D eigenvalue weighted by Gasteiger charge is -1.99. The van der Waals surface area contributed by atoms with Crippen LogP contribution in [-0.4, -0.2) is 24.4 Å². The van der Waals surface area contributed by atoms with Crippen molar-refractivity contribution in [3.8, 4) is 0 Å². The maximum atomic E-state index is 8.50. The third kappa shape index (κ3) is 0.924. The third-order valence-electron chi connectivity index (χ3n) is 1.04. The molecule has 2 N–H and O–H groups in total. The third-order valence-corrected chi connectivity index (χ3v) is 1.04. The molecule has 1 unspecified atom stereocenters. The minimum absolute atomic E-state index is 0.0579. The summed E-state index contributed by atoms with van der Waals surface area (Å²) >= 11 is 0. The molecule has 1 aliphatic rings. The van der Waals surface area contributed by atoms with Crippen LogP contribution >= 0.6 is 0 Å². The van der Waals surface area contributed by atoms with Gasteiger partial charge in [0.25, 0.3) is 0 Å². The van der Waals surface area contributed by atoms with Crippen LogP contribution in [0.15, 0.2) is 12.5 Å². The number of nitrogens with one attached hydrogen (secondary N) is 1. The minimum atomic E-state index is 0.0579. The van der Waals surface area contributed by atoms with E-state index in [1.807, 2.05) is 0 Å². The summed E-state index contributed by atoms with van der Waals surface area (Å²) in [4.78, 5) is 0. The Hall–Kier alpha value is -0.700. The van der Waals surface area contributed by atoms with Crippen molar-refractivity contribution in [1.29, 1.82) is 0 Å². The monoisotopic (exact) mass is 115 g/mol. The minimum Gasteiger partial charge on any atom is -0.477 e. The zero-order valence-corrected chi connectivity index (χ0v) is 4.55. The topological polar surface area (TPSA) is 41.5 Å². The highest BCUT2D eigenvalue weighted by Crippen LogP contribution is 2.01. The summed E-state index contributed by atoms with van der Waals surface area (Å²) in [6, 6.07) is 0.0579. The molecule has 1 aliphatic heterocycles. The van der Waals surface area contributed by atoms with Gasteiger partial charge < -0.3 is 15.2 Å². The van der Waals surface area contributed by atoms with E-state index in [0.29, 0.717) is 12.5 Å². The van der Waals surface area contributed by atoms with Gasteiger partial charge in [0.15, 0.2) is 5.88 Å². The van der Waals surface area contributed by atoms with Gasteiger partial charge in [-0.1, -0.05) is 0 Å². The lowest BCUT2D eigenvalue weighted by molar-refractivity contribution is 0.214. The number of rotatable bonds is 1. The van der Waals surface area contributed by atoms with Gasteiger partial charge >= 0.3 is 0 Å².